The Morgan fingerprint density at radius 2 is 0.769 bits per heavy atom. The van der Waals surface area contributed by atoms with Crippen LogP contribution in [0.4, 0.5) is 22.7 Å². The topological polar surface area (TPSA) is 142 Å². The van der Waals surface area contributed by atoms with Crippen LogP contribution in [-0.2, 0) is 33.0 Å². The molecule has 10 heteroatoms. The summed E-state index contributed by atoms with van der Waals surface area (Å²) in [5.41, 5.74) is 5.26. The van der Waals surface area contributed by atoms with Gasteiger partial charge in [0.05, 0.1) is 22.7 Å². The zero-order valence-electron chi connectivity index (χ0n) is 27.9. The van der Waals surface area contributed by atoms with Gasteiger partial charge in [0.1, 0.15) is 0 Å². The summed E-state index contributed by atoms with van der Waals surface area (Å²) < 4.78 is 0. The van der Waals surface area contributed by atoms with E-state index in [-0.39, 0.29) is 67.1 Å². The molecule has 0 heterocycles. The fourth-order valence-corrected chi connectivity index (χ4v) is 5.36. The second kappa shape index (κ2) is 17.9. The molecule has 6 aromatic rings. The molecule has 6 aromatic carbocycles. The van der Waals surface area contributed by atoms with Crippen molar-refractivity contribution in [2.75, 3.05) is 0 Å². The minimum absolute atomic E-state index is 0. The van der Waals surface area contributed by atoms with Gasteiger partial charge >= 0.3 is 33.0 Å². The van der Waals surface area contributed by atoms with Gasteiger partial charge in [-0.05, 0) is 71.5 Å². The molecular weight excluding hydrogens is 742 g/mol. The second-order valence-corrected chi connectivity index (χ2v) is 11.3. The van der Waals surface area contributed by atoms with E-state index < -0.39 is 0 Å². The maximum Gasteiger partial charge on any atom is 2.00 e. The predicted molar refractivity (Wildman–Crippen MR) is 194 cm³/mol. The maximum atomic E-state index is 13.6. The van der Waals surface area contributed by atoms with E-state index in [4.69, 9.17) is 0 Å². The number of hydrogen-bond acceptors (Lipinski definition) is 8. The first-order chi connectivity index (χ1) is 24.3. The smallest absolute Gasteiger partial charge is 0.872 e. The summed E-state index contributed by atoms with van der Waals surface area (Å²) in [4.78, 5) is 18.4. The molecule has 6 rings (SSSR count). The molecule has 0 saturated carbocycles. The molecule has 0 saturated heterocycles. The van der Waals surface area contributed by atoms with Gasteiger partial charge in [-0.1, -0.05) is 132 Å². The Balaban J connectivity index is 0.00000302. The number of rotatable bonds is 9. The molecule has 0 aliphatic carbocycles. The Morgan fingerprint density at radius 1 is 0.423 bits per heavy atom. The zero-order chi connectivity index (χ0) is 35.0. The van der Waals surface area contributed by atoms with Crippen LogP contribution < -0.4 is 20.4 Å². The molecular formula is C42H30N4Ni2O4. The van der Waals surface area contributed by atoms with Crippen LogP contribution in [0.1, 0.15) is 36.1 Å². The van der Waals surface area contributed by atoms with Crippen LogP contribution in [0.3, 0.4) is 0 Å². The van der Waals surface area contributed by atoms with Crippen molar-refractivity contribution < 1.29 is 53.4 Å². The summed E-state index contributed by atoms with van der Waals surface area (Å²) >= 11 is 0. The van der Waals surface area contributed by atoms with Crippen LogP contribution in [-0.4, -0.2) is 23.9 Å². The first-order valence-corrected chi connectivity index (χ1v) is 15.8. The van der Waals surface area contributed by atoms with Crippen LogP contribution in [0.15, 0.2) is 153 Å². The molecule has 0 aliphatic heterocycles. The third-order valence-corrected chi connectivity index (χ3v) is 7.96. The average Bonchev–Trinajstić information content (AvgIpc) is 3.12. The normalized spacial score (nSPS) is 11.7. The first-order valence-electron chi connectivity index (χ1n) is 15.8. The van der Waals surface area contributed by atoms with Gasteiger partial charge in [0.15, 0.2) is 0 Å². The molecule has 0 spiro atoms. The number of aliphatic imine (C=N–C) groups is 4. The molecule has 0 N–H and O–H groups in total. The van der Waals surface area contributed by atoms with Gasteiger partial charge in [0.2, 0.25) is 0 Å². The van der Waals surface area contributed by atoms with Crippen LogP contribution >= 0.6 is 0 Å². The maximum absolute atomic E-state index is 13.6. The Kier molecular flexibility index (Phi) is 13.4. The summed E-state index contributed by atoms with van der Waals surface area (Å²) in [5, 5.41) is 51.9. The Labute approximate surface area is 322 Å². The van der Waals surface area contributed by atoms with Crippen LogP contribution in [0.2, 0.25) is 0 Å². The SMILES string of the molecule is CC(=Nc1ccccc1N=Cc1cccc(-c2cccc(C=Nc3ccccc3N=C(C)c3ccccc3[O-])c2[O-])c1[O-])c1ccccc1[O-].[Ni+2].[Ni+2]. The van der Waals surface area contributed by atoms with Gasteiger partial charge in [-0.2, -0.15) is 0 Å². The number of hydrogen-bond donors (Lipinski definition) is 0. The Bertz CT molecular complexity index is 2160. The molecule has 0 aliphatic rings. The average molecular weight is 772 g/mol. The van der Waals surface area contributed by atoms with Gasteiger partial charge in [-0.25, -0.2) is 0 Å². The van der Waals surface area contributed by atoms with E-state index in [1.807, 2.05) is 24.3 Å². The standard InChI is InChI=1S/C42H34N4O4.2Ni/c1-27(31-15-3-9-23-39(31)47)45-37-21-7-5-19-35(37)43-25-29-13-11-17-33(41(29)49)34-18-12-14-30(42(34)50)26-44-36-20-6-8-22-38(36)46-28(2)32-16-4-10-24-40(32)48;;/h3-26,47-50H,1-2H3;;/q;2*+2/p-4. The van der Waals surface area contributed by atoms with Crippen molar-refractivity contribution in [3.63, 3.8) is 0 Å². The van der Waals surface area contributed by atoms with Crippen molar-refractivity contribution in [1.82, 2.24) is 0 Å². The largest absolute Gasteiger partial charge is 2.00 e. The molecule has 0 atom stereocenters. The van der Waals surface area contributed by atoms with E-state index in [1.165, 1.54) is 24.6 Å². The van der Waals surface area contributed by atoms with E-state index in [0.29, 0.717) is 56.4 Å². The van der Waals surface area contributed by atoms with Crippen molar-refractivity contribution in [3.05, 3.63) is 156 Å². The summed E-state index contributed by atoms with van der Waals surface area (Å²) in [7, 11) is 0. The van der Waals surface area contributed by atoms with Crippen molar-refractivity contribution in [2.24, 2.45) is 20.0 Å². The predicted octanol–water partition coefficient (Wildman–Crippen LogP) is 7.43. The van der Waals surface area contributed by atoms with Gasteiger partial charge < -0.3 is 20.4 Å². The molecule has 0 bridgehead atoms. The molecule has 8 nitrogen and oxygen atoms in total. The van der Waals surface area contributed by atoms with Crippen molar-refractivity contribution in [2.45, 2.75) is 13.8 Å². The van der Waals surface area contributed by atoms with Crippen molar-refractivity contribution in [1.29, 1.82) is 0 Å². The number of benzene rings is 6. The third-order valence-electron chi connectivity index (χ3n) is 7.96. The van der Waals surface area contributed by atoms with Gasteiger partial charge in [-0.3, -0.25) is 20.0 Å². The number of para-hydroxylation sites is 8. The van der Waals surface area contributed by atoms with Gasteiger partial charge in [-0.15, -0.1) is 0 Å². The summed E-state index contributed by atoms with van der Waals surface area (Å²) in [6.45, 7) is 3.53. The first kappa shape index (κ1) is 39.0. The van der Waals surface area contributed by atoms with Gasteiger partial charge in [0.25, 0.3) is 0 Å². The molecule has 0 radical (unpaired) electrons. The quantitative estimate of drug-likeness (QED) is 0.111. The minimum Gasteiger partial charge on any atom is -0.872 e. The van der Waals surface area contributed by atoms with Crippen molar-refractivity contribution in [3.8, 4) is 34.1 Å². The van der Waals surface area contributed by atoms with Crippen LogP contribution in [0.5, 0.6) is 23.0 Å². The summed E-state index contributed by atoms with van der Waals surface area (Å²) in [6.07, 6.45) is 2.91. The van der Waals surface area contributed by atoms with Crippen molar-refractivity contribution >= 4 is 46.6 Å². The fraction of sp³-hybridized carbons (Fsp3) is 0.0476. The second-order valence-electron chi connectivity index (χ2n) is 11.3. The molecule has 0 unspecified atom stereocenters. The summed E-state index contributed by atoms with van der Waals surface area (Å²) in [5.74, 6) is -0.950. The summed E-state index contributed by atoms with van der Waals surface area (Å²) in [6, 6.07) is 37.6. The van der Waals surface area contributed by atoms with Gasteiger partial charge in [0, 0.05) is 23.9 Å². The molecule has 262 valence electrons. The van der Waals surface area contributed by atoms with E-state index in [2.05, 4.69) is 20.0 Å². The Hall–Kier alpha value is -5.81. The minimum atomic E-state index is -0.353. The van der Waals surface area contributed by atoms with E-state index >= 15 is 0 Å². The van der Waals surface area contributed by atoms with E-state index in [1.54, 1.807) is 111 Å². The van der Waals surface area contributed by atoms with Crippen LogP contribution in [0, 0.1) is 0 Å². The fourth-order valence-electron chi connectivity index (χ4n) is 5.36. The molecule has 0 amide bonds. The van der Waals surface area contributed by atoms with E-state index in [0.717, 1.165) is 0 Å². The third kappa shape index (κ3) is 8.91. The van der Waals surface area contributed by atoms with E-state index in [9.17, 15) is 20.4 Å². The molecule has 0 aromatic heterocycles. The monoisotopic (exact) mass is 770 g/mol. The Morgan fingerprint density at radius 3 is 1.15 bits per heavy atom. The zero-order valence-corrected chi connectivity index (χ0v) is 29.9. The van der Waals surface area contributed by atoms with Crippen LogP contribution in [0.25, 0.3) is 11.1 Å². The molecule has 52 heavy (non-hydrogen) atoms. The number of nitrogens with zero attached hydrogens (tertiary/aromatic N) is 4. The molecule has 0 fully saturated rings.